The zero-order valence-corrected chi connectivity index (χ0v) is 19.6. The number of nitrogens with zero attached hydrogens (tertiary/aromatic N) is 4. The molecule has 12 heteroatoms. The summed E-state index contributed by atoms with van der Waals surface area (Å²) in [7, 11) is 1.60. The molecule has 0 saturated heterocycles. The molecule has 0 radical (unpaired) electrons. The lowest BCUT2D eigenvalue weighted by atomic mass is 10.2. The van der Waals surface area contributed by atoms with Gasteiger partial charge in [-0.3, -0.25) is 9.39 Å². The quantitative estimate of drug-likeness (QED) is 0.253. The first-order valence-electron chi connectivity index (χ1n) is 8.64. The smallest absolute Gasteiger partial charge is 0.387 e. The Morgan fingerprint density at radius 3 is 2.77 bits per heavy atom. The molecule has 0 saturated carbocycles. The molecule has 0 unspecified atom stereocenters. The molecule has 2 N–H and O–H groups in total. The fourth-order valence-electron chi connectivity index (χ4n) is 2.72. The van der Waals surface area contributed by atoms with Gasteiger partial charge in [0.05, 0.1) is 5.02 Å². The molecule has 162 valence electrons. The SMILES string of the molecule is CN=C(NCCc1nnc2ccccn12)NCc1cc(Cl)cc(Cl)c1OC(F)F.I. The van der Waals surface area contributed by atoms with Crippen LogP contribution in [0.25, 0.3) is 5.65 Å². The lowest BCUT2D eigenvalue weighted by Gasteiger charge is -2.16. The first kappa shape index (κ1) is 24.4. The van der Waals surface area contributed by atoms with Crippen LogP contribution < -0.4 is 15.4 Å². The zero-order valence-electron chi connectivity index (χ0n) is 15.8. The number of alkyl halides is 2. The molecule has 0 aliphatic heterocycles. The van der Waals surface area contributed by atoms with E-state index in [-0.39, 0.29) is 41.3 Å². The second kappa shape index (κ2) is 11.5. The van der Waals surface area contributed by atoms with E-state index in [2.05, 4.69) is 30.6 Å². The molecule has 1 aromatic carbocycles. The van der Waals surface area contributed by atoms with Crippen molar-refractivity contribution < 1.29 is 13.5 Å². The summed E-state index contributed by atoms with van der Waals surface area (Å²) in [6.45, 7) is -2.33. The Morgan fingerprint density at radius 1 is 1.23 bits per heavy atom. The van der Waals surface area contributed by atoms with E-state index in [9.17, 15) is 8.78 Å². The molecule has 3 aromatic rings. The third-order valence-electron chi connectivity index (χ3n) is 3.99. The highest BCUT2D eigenvalue weighted by Gasteiger charge is 2.15. The van der Waals surface area contributed by atoms with Gasteiger partial charge in [0.15, 0.2) is 11.6 Å². The van der Waals surface area contributed by atoms with E-state index in [1.165, 1.54) is 12.1 Å². The van der Waals surface area contributed by atoms with E-state index in [4.69, 9.17) is 23.2 Å². The normalized spacial score (nSPS) is 11.5. The summed E-state index contributed by atoms with van der Waals surface area (Å²) >= 11 is 12.0. The molecule has 0 atom stereocenters. The average molecular weight is 571 g/mol. The number of halogens is 5. The van der Waals surface area contributed by atoms with Crippen LogP contribution in [0.5, 0.6) is 5.75 Å². The third kappa shape index (κ3) is 6.29. The van der Waals surface area contributed by atoms with Gasteiger partial charge in [0.1, 0.15) is 11.6 Å². The second-order valence-corrected chi connectivity index (χ2v) is 6.75. The molecule has 2 heterocycles. The Hall–Kier alpha value is -1.92. The second-order valence-electron chi connectivity index (χ2n) is 5.90. The summed E-state index contributed by atoms with van der Waals surface area (Å²) in [5, 5.41) is 14.8. The molecule has 3 rings (SSSR count). The fraction of sp³-hybridized carbons (Fsp3) is 0.278. The number of pyridine rings is 1. The monoisotopic (exact) mass is 570 g/mol. The van der Waals surface area contributed by atoms with Gasteiger partial charge in [-0.1, -0.05) is 29.3 Å². The number of ether oxygens (including phenoxy) is 1. The number of aromatic nitrogens is 3. The van der Waals surface area contributed by atoms with Crippen molar-refractivity contribution in [1.29, 1.82) is 0 Å². The summed E-state index contributed by atoms with van der Waals surface area (Å²) in [5.74, 6) is 1.15. The summed E-state index contributed by atoms with van der Waals surface area (Å²) in [5.41, 5.74) is 1.16. The van der Waals surface area contributed by atoms with Crippen LogP contribution in [-0.4, -0.2) is 40.8 Å². The van der Waals surface area contributed by atoms with Crippen LogP contribution in [0.2, 0.25) is 10.0 Å². The number of hydrogen-bond acceptors (Lipinski definition) is 4. The first-order valence-corrected chi connectivity index (χ1v) is 9.39. The lowest BCUT2D eigenvalue weighted by Crippen LogP contribution is -2.38. The highest BCUT2D eigenvalue weighted by molar-refractivity contribution is 14.0. The highest BCUT2D eigenvalue weighted by atomic mass is 127. The van der Waals surface area contributed by atoms with Crippen LogP contribution in [0.3, 0.4) is 0 Å². The summed E-state index contributed by atoms with van der Waals surface area (Å²) in [6.07, 6.45) is 2.50. The lowest BCUT2D eigenvalue weighted by molar-refractivity contribution is -0.0504. The van der Waals surface area contributed by atoms with E-state index in [1.54, 1.807) is 7.05 Å². The van der Waals surface area contributed by atoms with Gasteiger partial charge in [-0.2, -0.15) is 8.78 Å². The Bertz CT molecular complexity index is 1020. The van der Waals surface area contributed by atoms with Crippen LogP contribution in [-0.2, 0) is 13.0 Å². The maximum Gasteiger partial charge on any atom is 0.387 e. The average Bonchev–Trinajstić information content (AvgIpc) is 3.10. The molecule has 0 fully saturated rings. The van der Waals surface area contributed by atoms with E-state index < -0.39 is 6.61 Å². The van der Waals surface area contributed by atoms with Gasteiger partial charge in [0, 0.05) is 43.3 Å². The van der Waals surface area contributed by atoms with Crippen molar-refractivity contribution in [1.82, 2.24) is 25.2 Å². The molecule has 0 spiro atoms. The minimum absolute atomic E-state index is 0. The molecule has 0 amide bonds. The predicted octanol–water partition coefficient (Wildman–Crippen LogP) is 4.16. The van der Waals surface area contributed by atoms with Gasteiger partial charge in [0.2, 0.25) is 0 Å². The fourth-order valence-corrected chi connectivity index (χ4v) is 3.30. The molecule has 7 nitrogen and oxygen atoms in total. The molecule has 0 aliphatic carbocycles. The summed E-state index contributed by atoms with van der Waals surface area (Å²) in [4.78, 5) is 4.12. The Kier molecular flexibility index (Phi) is 9.31. The van der Waals surface area contributed by atoms with Crippen molar-refractivity contribution in [3.8, 4) is 5.75 Å². The van der Waals surface area contributed by atoms with Gasteiger partial charge < -0.3 is 15.4 Å². The maximum absolute atomic E-state index is 12.7. The van der Waals surface area contributed by atoms with Gasteiger partial charge in [-0.05, 0) is 24.3 Å². The van der Waals surface area contributed by atoms with E-state index in [0.29, 0.717) is 29.5 Å². The van der Waals surface area contributed by atoms with Crippen LogP contribution in [0.1, 0.15) is 11.4 Å². The minimum atomic E-state index is -3.00. The number of hydrogen-bond donors (Lipinski definition) is 2. The Balaban J connectivity index is 0.00000320. The highest BCUT2D eigenvalue weighted by Crippen LogP contribution is 2.33. The number of guanidine groups is 1. The zero-order chi connectivity index (χ0) is 20.8. The van der Waals surface area contributed by atoms with Gasteiger partial charge >= 0.3 is 6.61 Å². The van der Waals surface area contributed by atoms with Crippen molar-refractivity contribution in [2.24, 2.45) is 4.99 Å². The van der Waals surface area contributed by atoms with Crippen molar-refractivity contribution in [2.45, 2.75) is 19.6 Å². The number of nitrogens with one attached hydrogen (secondary N) is 2. The van der Waals surface area contributed by atoms with Crippen LogP contribution in [0, 0.1) is 0 Å². The van der Waals surface area contributed by atoms with E-state index in [1.807, 2.05) is 28.8 Å². The molecule has 30 heavy (non-hydrogen) atoms. The number of benzene rings is 1. The van der Waals surface area contributed by atoms with Gasteiger partial charge in [-0.15, -0.1) is 34.2 Å². The van der Waals surface area contributed by atoms with Gasteiger partial charge in [-0.25, -0.2) is 0 Å². The third-order valence-corrected chi connectivity index (χ3v) is 4.49. The van der Waals surface area contributed by atoms with Crippen molar-refractivity contribution in [3.63, 3.8) is 0 Å². The number of rotatable bonds is 7. The first-order chi connectivity index (χ1) is 14.0. The Labute approximate surface area is 198 Å². The van der Waals surface area contributed by atoms with Crippen LogP contribution in [0.15, 0.2) is 41.5 Å². The standard InChI is InChI=1S/C18H18Cl2F2N6O.HI/c1-23-18(24-6-5-15-27-26-14-4-2-3-7-28(14)15)25-10-11-8-12(19)9-13(20)16(11)29-17(21)22;/h2-4,7-9,17H,5-6,10H2,1H3,(H2,23,24,25);1H. The topological polar surface area (TPSA) is 75.8 Å². The van der Waals surface area contributed by atoms with Crippen molar-refractivity contribution in [3.05, 3.63) is 58.0 Å². The maximum atomic E-state index is 12.7. The summed E-state index contributed by atoms with van der Waals surface area (Å²) < 4.78 is 31.8. The van der Waals surface area contributed by atoms with Crippen LogP contribution in [0.4, 0.5) is 8.78 Å². The Morgan fingerprint density at radius 2 is 2.03 bits per heavy atom. The number of fused-ring (bicyclic) bond motifs is 1. The van der Waals surface area contributed by atoms with Crippen molar-refractivity contribution >= 4 is 58.8 Å². The van der Waals surface area contributed by atoms with Crippen LogP contribution >= 0.6 is 47.2 Å². The predicted molar refractivity (Wildman–Crippen MR) is 123 cm³/mol. The largest absolute Gasteiger partial charge is 0.433 e. The minimum Gasteiger partial charge on any atom is -0.433 e. The summed E-state index contributed by atoms with van der Waals surface area (Å²) in [6, 6.07) is 8.53. The molecule has 2 aromatic heterocycles. The number of aliphatic imine (C=N–C) groups is 1. The van der Waals surface area contributed by atoms with E-state index >= 15 is 0 Å². The molecule has 0 aliphatic rings. The molecular weight excluding hydrogens is 552 g/mol. The molecular formula is C18H19Cl2F2IN6O. The molecule has 0 bridgehead atoms. The van der Waals surface area contributed by atoms with Gasteiger partial charge in [0.25, 0.3) is 0 Å². The van der Waals surface area contributed by atoms with Crippen molar-refractivity contribution in [2.75, 3.05) is 13.6 Å². The van der Waals surface area contributed by atoms with E-state index in [0.717, 1.165) is 11.5 Å².